The highest BCUT2D eigenvalue weighted by atomic mass is 15.0. The van der Waals surface area contributed by atoms with Gasteiger partial charge in [-0.15, -0.1) is 0 Å². The van der Waals surface area contributed by atoms with Crippen LogP contribution >= 0.6 is 0 Å². The number of para-hydroxylation sites is 2. The third-order valence-electron chi connectivity index (χ3n) is 11.0. The SMILES string of the molecule is c1ccc(C(c2ccc(-c3ccc(-c4ccc(-c5ccc(-n6c7ccccc7c7ccccc76)cc5)cc4)cc3)cc2)c2cccc3ccccc23)cc1. The van der Waals surface area contributed by atoms with Gasteiger partial charge in [0.05, 0.1) is 11.0 Å². The second-order valence-corrected chi connectivity index (χ2v) is 14.1. The minimum Gasteiger partial charge on any atom is -0.309 e. The first-order valence-electron chi connectivity index (χ1n) is 18.7. The van der Waals surface area contributed by atoms with Crippen LogP contribution in [0.1, 0.15) is 22.6 Å². The molecule has 0 bridgehead atoms. The fourth-order valence-electron chi connectivity index (χ4n) is 8.28. The average Bonchev–Trinajstić information content (AvgIpc) is 3.59. The summed E-state index contributed by atoms with van der Waals surface area (Å²) in [5.74, 6) is 0.148. The Hall–Kier alpha value is -6.96. The Morgan fingerprint density at radius 1 is 0.278 bits per heavy atom. The van der Waals surface area contributed by atoms with Gasteiger partial charge in [0.15, 0.2) is 0 Å². The standard InChI is InChI=1S/C53H37N/c1-2-12-44(13-3-1)53(50-18-10-14-43-11-4-5-15-47(43)50)45-31-29-41(30-32-45)39-23-21-37(22-24-39)38-25-27-40(28-26-38)42-33-35-46(36-34-42)54-51-19-8-6-16-48(51)49-17-7-9-20-52(49)54/h1-36,53H. The van der Waals surface area contributed by atoms with Crippen LogP contribution in [0.5, 0.6) is 0 Å². The predicted octanol–water partition coefficient (Wildman–Crippen LogP) is 14.1. The van der Waals surface area contributed by atoms with E-state index in [9.17, 15) is 0 Å². The molecule has 0 saturated carbocycles. The summed E-state index contributed by atoms with van der Waals surface area (Å²) in [6.07, 6.45) is 0. The molecule has 0 aliphatic heterocycles. The molecule has 10 rings (SSSR count). The van der Waals surface area contributed by atoms with Crippen molar-refractivity contribution in [2.45, 2.75) is 5.92 Å². The highest BCUT2D eigenvalue weighted by molar-refractivity contribution is 6.09. The molecule has 10 aromatic rings. The Morgan fingerprint density at radius 3 is 1.20 bits per heavy atom. The summed E-state index contributed by atoms with van der Waals surface area (Å²) >= 11 is 0. The van der Waals surface area contributed by atoms with Crippen LogP contribution < -0.4 is 0 Å². The zero-order valence-corrected chi connectivity index (χ0v) is 29.8. The molecule has 9 aromatic carbocycles. The summed E-state index contributed by atoms with van der Waals surface area (Å²) in [6, 6.07) is 79.5. The van der Waals surface area contributed by atoms with Crippen LogP contribution in [0.25, 0.3) is 71.6 Å². The van der Waals surface area contributed by atoms with Crippen molar-refractivity contribution >= 4 is 32.6 Å². The Kier molecular flexibility index (Phi) is 7.96. The Labute approximate surface area is 316 Å². The van der Waals surface area contributed by atoms with Gasteiger partial charge in [-0.05, 0) is 85.1 Å². The number of hydrogen-bond acceptors (Lipinski definition) is 0. The zero-order valence-electron chi connectivity index (χ0n) is 29.8. The first kappa shape index (κ1) is 31.7. The summed E-state index contributed by atoms with van der Waals surface area (Å²) in [7, 11) is 0. The number of aromatic nitrogens is 1. The summed E-state index contributed by atoms with van der Waals surface area (Å²) in [6.45, 7) is 0. The monoisotopic (exact) mass is 687 g/mol. The third kappa shape index (κ3) is 5.68. The van der Waals surface area contributed by atoms with Gasteiger partial charge in [-0.25, -0.2) is 0 Å². The molecule has 0 saturated heterocycles. The van der Waals surface area contributed by atoms with Gasteiger partial charge in [0.2, 0.25) is 0 Å². The molecule has 0 aliphatic rings. The highest BCUT2D eigenvalue weighted by Crippen LogP contribution is 2.38. The van der Waals surface area contributed by atoms with Crippen molar-refractivity contribution in [3.05, 3.63) is 235 Å². The summed E-state index contributed by atoms with van der Waals surface area (Å²) in [4.78, 5) is 0. The van der Waals surface area contributed by atoms with Crippen molar-refractivity contribution < 1.29 is 0 Å². The maximum Gasteiger partial charge on any atom is 0.0541 e. The van der Waals surface area contributed by atoms with Gasteiger partial charge >= 0.3 is 0 Å². The Morgan fingerprint density at radius 2 is 0.667 bits per heavy atom. The minimum absolute atomic E-state index is 0.148. The molecule has 0 radical (unpaired) electrons. The third-order valence-corrected chi connectivity index (χ3v) is 11.0. The highest BCUT2D eigenvalue weighted by Gasteiger charge is 2.19. The first-order chi connectivity index (χ1) is 26.8. The lowest BCUT2D eigenvalue weighted by molar-refractivity contribution is 0.989. The van der Waals surface area contributed by atoms with Crippen molar-refractivity contribution in [1.82, 2.24) is 4.57 Å². The van der Waals surface area contributed by atoms with E-state index in [0.29, 0.717) is 0 Å². The van der Waals surface area contributed by atoms with Gasteiger partial charge in [-0.2, -0.15) is 0 Å². The van der Waals surface area contributed by atoms with Crippen molar-refractivity contribution in [2.24, 2.45) is 0 Å². The Balaban J connectivity index is 0.888. The van der Waals surface area contributed by atoms with E-state index in [1.165, 1.54) is 88.3 Å². The van der Waals surface area contributed by atoms with Crippen LogP contribution in [-0.2, 0) is 0 Å². The van der Waals surface area contributed by atoms with Crippen LogP contribution in [0.15, 0.2) is 218 Å². The normalized spacial score (nSPS) is 12.0. The van der Waals surface area contributed by atoms with Crippen molar-refractivity contribution in [2.75, 3.05) is 0 Å². The van der Waals surface area contributed by atoms with Crippen LogP contribution in [0, 0.1) is 0 Å². The van der Waals surface area contributed by atoms with E-state index in [2.05, 4.69) is 223 Å². The van der Waals surface area contributed by atoms with Gasteiger partial charge in [0.1, 0.15) is 0 Å². The Bertz CT molecular complexity index is 2820. The molecule has 0 N–H and O–H groups in total. The topological polar surface area (TPSA) is 4.93 Å². The molecule has 1 heterocycles. The van der Waals surface area contributed by atoms with Gasteiger partial charge in [0, 0.05) is 22.4 Å². The lowest BCUT2D eigenvalue weighted by atomic mass is 9.82. The molecule has 1 atom stereocenters. The lowest BCUT2D eigenvalue weighted by Gasteiger charge is -2.21. The minimum atomic E-state index is 0.148. The second kappa shape index (κ2) is 13.5. The molecular formula is C53H37N. The number of hydrogen-bond donors (Lipinski definition) is 0. The fraction of sp³-hybridized carbons (Fsp3) is 0.0189. The van der Waals surface area contributed by atoms with Gasteiger partial charge in [-0.3, -0.25) is 0 Å². The van der Waals surface area contributed by atoms with Crippen molar-refractivity contribution in [1.29, 1.82) is 0 Å². The van der Waals surface area contributed by atoms with Gasteiger partial charge in [0.25, 0.3) is 0 Å². The first-order valence-corrected chi connectivity index (χ1v) is 18.7. The zero-order chi connectivity index (χ0) is 35.8. The van der Waals surface area contributed by atoms with Crippen LogP contribution in [0.4, 0.5) is 0 Å². The molecule has 0 amide bonds. The molecular weight excluding hydrogens is 651 g/mol. The molecule has 0 fully saturated rings. The van der Waals surface area contributed by atoms with E-state index >= 15 is 0 Å². The van der Waals surface area contributed by atoms with E-state index in [4.69, 9.17) is 0 Å². The van der Waals surface area contributed by atoms with Crippen LogP contribution in [0.2, 0.25) is 0 Å². The maximum atomic E-state index is 2.36. The molecule has 254 valence electrons. The number of rotatable bonds is 7. The molecule has 1 unspecified atom stereocenters. The quantitative estimate of drug-likeness (QED) is 0.147. The predicted molar refractivity (Wildman–Crippen MR) is 228 cm³/mol. The van der Waals surface area contributed by atoms with Crippen LogP contribution in [-0.4, -0.2) is 4.57 Å². The van der Waals surface area contributed by atoms with E-state index < -0.39 is 0 Å². The van der Waals surface area contributed by atoms with E-state index in [-0.39, 0.29) is 5.92 Å². The summed E-state index contributed by atoms with van der Waals surface area (Å²) < 4.78 is 2.36. The molecule has 54 heavy (non-hydrogen) atoms. The van der Waals surface area contributed by atoms with Gasteiger partial charge in [-0.1, -0.05) is 194 Å². The molecule has 1 heteroatoms. The van der Waals surface area contributed by atoms with Gasteiger partial charge < -0.3 is 4.57 Å². The van der Waals surface area contributed by atoms with E-state index in [0.717, 1.165) is 0 Å². The summed E-state index contributed by atoms with van der Waals surface area (Å²) in [5, 5.41) is 5.13. The smallest absolute Gasteiger partial charge is 0.0541 e. The van der Waals surface area contributed by atoms with Crippen molar-refractivity contribution in [3.8, 4) is 39.1 Å². The largest absolute Gasteiger partial charge is 0.309 e. The second-order valence-electron chi connectivity index (χ2n) is 14.1. The summed E-state index contributed by atoms with van der Waals surface area (Å²) in [5.41, 5.74) is 14.8. The van der Waals surface area contributed by atoms with E-state index in [1.54, 1.807) is 0 Å². The number of fused-ring (bicyclic) bond motifs is 4. The van der Waals surface area contributed by atoms with Crippen molar-refractivity contribution in [3.63, 3.8) is 0 Å². The van der Waals surface area contributed by atoms with E-state index in [1.807, 2.05) is 0 Å². The lowest BCUT2D eigenvalue weighted by Crippen LogP contribution is -2.04. The van der Waals surface area contributed by atoms with Crippen LogP contribution in [0.3, 0.4) is 0 Å². The maximum absolute atomic E-state index is 2.36. The molecule has 0 spiro atoms. The number of nitrogens with zero attached hydrogens (tertiary/aromatic N) is 1. The molecule has 1 aromatic heterocycles. The number of benzene rings is 9. The molecule has 1 nitrogen and oxygen atoms in total. The molecule has 0 aliphatic carbocycles. The fourth-order valence-corrected chi connectivity index (χ4v) is 8.28. The average molecular weight is 688 g/mol.